The molecule has 3 N–H and O–H groups in total. The highest BCUT2D eigenvalue weighted by molar-refractivity contribution is 6.00. The molecular formula is C25H27N5O2. The van der Waals surface area contributed by atoms with Crippen molar-refractivity contribution in [1.29, 1.82) is 0 Å². The number of carbonyl (C=O) groups is 2. The molecule has 0 atom stereocenters. The Morgan fingerprint density at radius 1 is 0.812 bits per heavy atom. The van der Waals surface area contributed by atoms with Gasteiger partial charge in [0.15, 0.2) is 0 Å². The smallest absolute Gasteiger partial charge is 0.323 e. The number of rotatable bonds is 6. The highest BCUT2D eigenvalue weighted by Crippen LogP contribution is 2.21. The van der Waals surface area contributed by atoms with Gasteiger partial charge in [-0.15, -0.1) is 0 Å². The van der Waals surface area contributed by atoms with Gasteiger partial charge in [0, 0.05) is 48.3 Å². The van der Waals surface area contributed by atoms with Gasteiger partial charge < -0.3 is 20.9 Å². The molecular weight excluding hydrogens is 402 g/mol. The van der Waals surface area contributed by atoms with E-state index >= 15 is 0 Å². The SMILES string of the molecule is O=C(Nc1ccccc1)Nc1ccc(C(=O)NCc2cccnc2N2CCCCC2)cc1. The molecule has 0 bridgehead atoms. The maximum atomic E-state index is 12.6. The molecule has 1 fully saturated rings. The Morgan fingerprint density at radius 2 is 1.50 bits per heavy atom. The van der Waals surface area contributed by atoms with Crippen LogP contribution in [0.1, 0.15) is 35.2 Å². The number of pyridine rings is 1. The van der Waals surface area contributed by atoms with Crippen LogP contribution in [0.2, 0.25) is 0 Å². The van der Waals surface area contributed by atoms with E-state index < -0.39 is 0 Å². The minimum Gasteiger partial charge on any atom is -0.356 e. The van der Waals surface area contributed by atoms with E-state index in [0.29, 0.717) is 23.5 Å². The Kier molecular flexibility index (Phi) is 6.97. The van der Waals surface area contributed by atoms with Gasteiger partial charge in [0.05, 0.1) is 0 Å². The molecule has 3 amide bonds. The van der Waals surface area contributed by atoms with Crippen molar-refractivity contribution in [2.24, 2.45) is 0 Å². The van der Waals surface area contributed by atoms with Crippen LogP contribution in [0.4, 0.5) is 22.0 Å². The first-order valence-electron chi connectivity index (χ1n) is 10.9. The summed E-state index contributed by atoms with van der Waals surface area (Å²) in [5, 5.41) is 8.50. The summed E-state index contributed by atoms with van der Waals surface area (Å²) in [6.07, 6.45) is 5.40. The fourth-order valence-electron chi connectivity index (χ4n) is 3.76. The summed E-state index contributed by atoms with van der Waals surface area (Å²) < 4.78 is 0. The van der Waals surface area contributed by atoms with E-state index in [1.54, 1.807) is 30.5 Å². The molecule has 0 unspecified atom stereocenters. The summed E-state index contributed by atoms with van der Waals surface area (Å²) in [5.74, 6) is 0.787. The first-order chi connectivity index (χ1) is 15.7. The molecule has 0 aliphatic carbocycles. The number of carbonyl (C=O) groups excluding carboxylic acids is 2. The average Bonchev–Trinajstić information content (AvgIpc) is 2.84. The normalized spacial score (nSPS) is 13.3. The van der Waals surface area contributed by atoms with Gasteiger partial charge in [-0.2, -0.15) is 0 Å². The number of nitrogens with one attached hydrogen (secondary N) is 3. The van der Waals surface area contributed by atoms with Crippen LogP contribution in [0.15, 0.2) is 72.9 Å². The van der Waals surface area contributed by atoms with Gasteiger partial charge in [0.25, 0.3) is 5.91 Å². The van der Waals surface area contributed by atoms with Crippen molar-refractivity contribution in [2.45, 2.75) is 25.8 Å². The average molecular weight is 430 g/mol. The Labute approximate surface area is 187 Å². The standard InChI is InChI=1S/C25H27N5O2/c31-24(27-18-20-8-7-15-26-23(20)30-16-5-2-6-17-30)19-11-13-22(14-12-19)29-25(32)28-21-9-3-1-4-10-21/h1,3-4,7-15H,2,5-6,16-18H2,(H,27,31)(H2,28,29,32). The summed E-state index contributed by atoms with van der Waals surface area (Å²) in [5.41, 5.74) is 2.86. The van der Waals surface area contributed by atoms with Gasteiger partial charge in [-0.1, -0.05) is 24.3 Å². The number of hydrogen-bond donors (Lipinski definition) is 3. The third-order valence-electron chi connectivity index (χ3n) is 5.40. The van der Waals surface area contributed by atoms with Crippen LogP contribution >= 0.6 is 0 Å². The molecule has 32 heavy (non-hydrogen) atoms. The molecule has 2 heterocycles. The number of anilines is 3. The lowest BCUT2D eigenvalue weighted by Crippen LogP contribution is -2.32. The lowest BCUT2D eigenvalue weighted by atomic mass is 10.1. The van der Waals surface area contributed by atoms with Gasteiger partial charge in [-0.05, 0) is 61.7 Å². The number of para-hydroxylation sites is 1. The molecule has 1 aromatic heterocycles. The number of urea groups is 1. The summed E-state index contributed by atoms with van der Waals surface area (Å²) in [6.45, 7) is 2.42. The van der Waals surface area contributed by atoms with Crippen LogP contribution in [0.3, 0.4) is 0 Å². The molecule has 1 aliphatic rings. The second-order valence-electron chi connectivity index (χ2n) is 7.74. The Hall–Kier alpha value is -3.87. The van der Waals surface area contributed by atoms with Crippen molar-refractivity contribution >= 4 is 29.1 Å². The number of piperidine rings is 1. The first-order valence-corrected chi connectivity index (χ1v) is 10.9. The topological polar surface area (TPSA) is 86.4 Å². The summed E-state index contributed by atoms with van der Waals surface area (Å²) in [4.78, 5) is 31.6. The maximum Gasteiger partial charge on any atom is 0.323 e. The van der Waals surface area contributed by atoms with Crippen LogP contribution < -0.4 is 20.9 Å². The van der Waals surface area contributed by atoms with Crippen molar-refractivity contribution in [3.8, 4) is 0 Å². The zero-order valence-electron chi connectivity index (χ0n) is 17.9. The number of nitrogens with zero attached hydrogens (tertiary/aromatic N) is 2. The Bertz CT molecular complexity index is 1050. The first kappa shape index (κ1) is 21.4. The molecule has 3 aromatic rings. The van der Waals surface area contributed by atoms with Crippen molar-refractivity contribution in [3.63, 3.8) is 0 Å². The van der Waals surface area contributed by atoms with E-state index in [-0.39, 0.29) is 11.9 Å². The molecule has 2 aromatic carbocycles. The monoisotopic (exact) mass is 429 g/mol. The quantitative estimate of drug-likeness (QED) is 0.533. The number of hydrogen-bond acceptors (Lipinski definition) is 4. The minimum absolute atomic E-state index is 0.168. The van der Waals surface area contributed by atoms with Gasteiger partial charge in [0.1, 0.15) is 5.82 Å². The predicted molar refractivity (Wildman–Crippen MR) is 127 cm³/mol. The maximum absolute atomic E-state index is 12.6. The van der Waals surface area contributed by atoms with Gasteiger partial charge in [-0.25, -0.2) is 9.78 Å². The molecule has 1 aliphatic heterocycles. The van der Waals surface area contributed by atoms with Crippen molar-refractivity contribution in [3.05, 3.63) is 84.1 Å². The fourth-order valence-corrected chi connectivity index (χ4v) is 3.76. The van der Waals surface area contributed by atoms with Crippen LogP contribution in [0, 0.1) is 0 Å². The van der Waals surface area contributed by atoms with E-state index in [1.165, 1.54) is 19.3 Å². The van der Waals surface area contributed by atoms with Gasteiger partial charge in [-0.3, -0.25) is 4.79 Å². The summed E-state index contributed by atoms with van der Waals surface area (Å²) in [7, 11) is 0. The zero-order chi connectivity index (χ0) is 22.2. The van der Waals surface area contributed by atoms with Gasteiger partial charge >= 0.3 is 6.03 Å². The molecule has 1 saturated heterocycles. The molecule has 7 nitrogen and oxygen atoms in total. The Morgan fingerprint density at radius 3 is 2.22 bits per heavy atom. The molecule has 0 spiro atoms. The van der Waals surface area contributed by atoms with E-state index in [2.05, 4.69) is 25.8 Å². The van der Waals surface area contributed by atoms with E-state index in [9.17, 15) is 9.59 Å². The molecule has 164 valence electrons. The minimum atomic E-state index is -0.338. The second-order valence-corrected chi connectivity index (χ2v) is 7.74. The molecule has 0 saturated carbocycles. The van der Waals surface area contributed by atoms with Crippen LogP contribution in [0.5, 0.6) is 0 Å². The third-order valence-corrected chi connectivity index (χ3v) is 5.40. The fraction of sp³-hybridized carbons (Fsp3) is 0.240. The number of aromatic nitrogens is 1. The Balaban J connectivity index is 1.32. The highest BCUT2D eigenvalue weighted by Gasteiger charge is 2.16. The van der Waals surface area contributed by atoms with Crippen LogP contribution in [-0.2, 0) is 6.54 Å². The predicted octanol–water partition coefficient (Wildman–Crippen LogP) is 4.65. The van der Waals surface area contributed by atoms with Gasteiger partial charge in [0.2, 0.25) is 0 Å². The third kappa shape index (κ3) is 5.63. The lowest BCUT2D eigenvalue weighted by Gasteiger charge is -2.29. The summed E-state index contributed by atoms with van der Waals surface area (Å²) in [6, 6.07) is 19.6. The highest BCUT2D eigenvalue weighted by atomic mass is 16.2. The molecule has 7 heteroatoms. The van der Waals surface area contributed by atoms with Crippen LogP contribution in [0.25, 0.3) is 0 Å². The largest absolute Gasteiger partial charge is 0.356 e. The summed E-state index contributed by atoms with van der Waals surface area (Å²) >= 11 is 0. The number of benzene rings is 2. The van der Waals surface area contributed by atoms with E-state index in [4.69, 9.17) is 0 Å². The second kappa shape index (κ2) is 10.4. The van der Waals surface area contributed by atoms with E-state index in [1.807, 2.05) is 42.5 Å². The van der Waals surface area contributed by atoms with E-state index in [0.717, 1.165) is 24.5 Å². The molecule has 4 rings (SSSR count). The van der Waals surface area contributed by atoms with Crippen molar-refractivity contribution in [2.75, 3.05) is 28.6 Å². The van der Waals surface area contributed by atoms with Crippen LogP contribution in [-0.4, -0.2) is 30.0 Å². The van der Waals surface area contributed by atoms with Crippen molar-refractivity contribution in [1.82, 2.24) is 10.3 Å². The zero-order valence-corrected chi connectivity index (χ0v) is 17.9. The lowest BCUT2D eigenvalue weighted by molar-refractivity contribution is 0.0951. The van der Waals surface area contributed by atoms with Crippen molar-refractivity contribution < 1.29 is 9.59 Å². The number of amides is 3. The molecule has 0 radical (unpaired) electrons.